The smallest absolute Gasteiger partial charge is 0.169 e. The number of phenolic OH excluding ortho intramolecular Hbond substituents is 2. The molecule has 6 N–H and O–H groups in total. The molecule has 0 aliphatic heterocycles. The van der Waals surface area contributed by atoms with E-state index in [1.165, 1.54) is 12.1 Å². The van der Waals surface area contributed by atoms with Gasteiger partial charge in [0, 0.05) is 17.5 Å². The van der Waals surface area contributed by atoms with E-state index in [9.17, 15) is 19.8 Å². The monoisotopic (exact) mass is 384 g/mol. The Morgan fingerprint density at radius 3 is 2.18 bits per heavy atom. The summed E-state index contributed by atoms with van der Waals surface area (Å²) in [6.45, 7) is 5.27. The minimum atomic E-state index is -0.684. The Balaban J connectivity index is 2.09. The number of Topliss-reactive ketones (excluding diaryl/α,β-unsaturated/α-hetero) is 2. The highest BCUT2D eigenvalue weighted by Crippen LogP contribution is 2.28. The molecule has 0 aromatic heterocycles. The fourth-order valence-electron chi connectivity index (χ4n) is 3.12. The Hall–Kier alpha value is -2.86. The van der Waals surface area contributed by atoms with Gasteiger partial charge in [-0.2, -0.15) is 0 Å². The topological polar surface area (TPSA) is 127 Å². The molecule has 2 aromatic carbocycles. The second-order valence-corrected chi connectivity index (χ2v) is 7.57. The van der Waals surface area contributed by atoms with Gasteiger partial charge < -0.3 is 21.7 Å². The van der Waals surface area contributed by atoms with Gasteiger partial charge in [0.15, 0.2) is 11.6 Å². The van der Waals surface area contributed by atoms with Gasteiger partial charge in [-0.3, -0.25) is 9.59 Å². The van der Waals surface area contributed by atoms with E-state index in [0.29, 0.717) is 24.1 Å². The maximum absolute atomic E-state index is 12.6. The number of carbonyl (C=O) groups excluding carboxylic acids is 2. The van der Waals surface area contributed by atoms with Crippen LogP contribution in [0, 0.1) is 11.8 Å². The predicted octanol–water partition coefficient (Wildman–Crippen LogP) is 2.84. The van der Waals surface area contributed by atoms with Gasteiger partial charge in [-0.1, -0.05) is 32.9 Å². The molecule has 0 fully saturated rings. The SMILES string of the molecule is CC(C)C(=O)c1cc(N)c(CC(C)C(=O)[C@@H](N)Cc2ccc(O)cc2)cc1O. The van der Waals surface area contributed by atoms with Gasteiger partial charge in [-0.15, -0.1) is 0 Å². The third-order valence-corrected chi connectivity index (χ3v) is 4.82. The normalized spacial score (nSPS) is 13.3. The van der Waals surface area contributed by atoms with Crippen molar-refractivity contribution in [2.45, 2.75) is 39.7 Å². The molecule has 1 unspecified atom stereocenters. The predicted molar refractivity (Wildman–Crippen MR) is 109 cm³/mol. The molecule has 0 aliphatic carbocycles. The lowest BCUT2D eigenvalue weighted by Gasteiger charge is -2.18. The summed E-state index contributed by atoms with van der Waals surface area (Å²) in [4.78, 5) is 24.8. The molecule has 0 heterocycles. The van der Waals surface area contributed by atoms with Crippen LogP contribution in [0.25, 0.3) is 0 Å². The molecule has 6 heteroatoms. The second-order valence-electron chi connectivity index (χ2n) is 7.57. The molecule has 150 valence electrons. The summed E-state index contributed by atoms with van der Waals surface area (Å²) in [5.74, 6) is -0.928. The molecule has 2 aromatic rings. The zero-order valence-corrected chi connectivity index (χ0v) is 16.5. The average Bonchev–Trinajstić information content (AvgIpc) is 2.64. The lowest BCUT2D eigenvalue weighted by molar-refractivity contribution is -0.123. The van der Waals surface area contributed by atoms with Gasteiger partial charge in [-0.25, -0.2) is 0 Å². The van der Waals surface area contributed by atoms with Crippen LogP contribution >= 0.6 is 0 Å². The molecule has 0 spiro atoms. The van der Waals surface area contributed by atoms with Crippen LogP contribution < -0.4 is 11.5 Å². The molecule has 28 heavy (non-hydrogen) atoms. The highest BCUT2D eigenvalue weighted by atomic mass is 16.3. The Morgan fingerprint density at radius 1 is 1.00 bits per heavy atom. The van der Waals surface area contributed by atoms with Gasteiger partial charge in [0.25, 0.3) is 0 Å². The van der Waals surface area contributed by atoms with Crippen molar-refractivity contribution < 1.29 is 19.8 Å². The molecule has 6 nitrogen and oxygen atoms in total. The number of ketones is 2. The second kappa shape index (κ2) is 8.89. The summed E-state index contributed by atoms with van der Waals surface area (Å²) in [5.41, 5.74) is 14.2. The molecule has 0 bridgehead atoms. The first-order chi connectivity index (χ1) is 13.1. The number of nitrogens with two attached hydrogens (primary N) is 2. The van der Waals surface area contributed by atoms with Crippen LogP contribution in [0.15, 0.2) is 36.4 Å². The van der Waals surface area contributed by atoms with Crippen molar-refractivity contribution in [3.63, 3.8) is 0 Å². The van der Waals surface area contributed by atoms with E-state index in [1.54, 1.807) is 45.0 Å². The van der Waals surface area contributed by atoms with E-state index < -0.39 is 12.0 Å². The number of benzene rings is 2. The van der Waals surface area contributed by atoms with Crippen molar-refractivity contribution in [1.29, 1.82) is 0 Å². The molecular weight excluding hydrogens is 356 g/mol. The number of anilines is 1. The van der Waals surface area contributed by atoms with Gasteiger partial charge in [0.1, 0.15) is 11.5 Å². The number of carbonyl (C=O) groups is 2. The van der Waals surface area contributed by atoms with E-state index in [-0.39, 0.29) is 34.5 Å². The van der Waals surface area contributed by atoms with Crippen molar-refractivity contribution in [3.8, 4) is 11.5 Å². The minimum Gasteiger partial charge on any atom is -0.508 e. The van der Waals surface area contributed by atoms with E-state index >= 15 is 0 Å². The Labute approximate surface area is 165 Å². The van der Waals surface area contributed by atoms with Gasteiger partial charge in [0.05, 0.1) is 11.6 Å². The van der Waals surface area contributed by atoms with Crippen LogP contribution in [0.2, 0.25) is 0 Å². The van der Waals surface area contributed by atoms with E-state index in [4.69, 9.17) is 11.5 Å². The fraction of sp³-hybridized carbons (Fsp3) is 0.364. The first-order valence-corrected chi connectivity index (χ1v) is 9.33. The third kappa shape index (κ3) is 5.10. The maximum Gasteiger partial charge on any atom is 0.169 e. The Morgan fingerprint density at radius 2 is 1.61 bits per heavy atom. The number of hydrogen-bond acceptors (Lipinski definition) is 6. The summed E-state index contributed by atoms with van der Waals surface area (Å²) >= 11 is 0. The van der Waals surface area contributed by atoms with Crippen LogP contribution in [0.4, 0.5) is 5.69 Å². The van der Waals surface area contributed by atoms with Crippen molar-refractivity contribution in [2.24, 2.45) is 17.6 Å². The third-order valence-electron chi connectivity index (χ3n) is 4.82. The first-order valence-electron chi connectivity index (χ1n) is 9.33. The van der Waals surface area contributed by atoms with Crippen LogP contribution in [0.5, 0.6) is 11.5 Å². The highest BCUT2D eigenvalue weighted by molar-refractivity contribution is 6.00. The van der Waals surface area contributed by atoms with Gasteiger partial charge in [-0.05, 0) is 48.2 Å². The van der Waals surface area contributed by atoms with E-state index in [1.807, 2.05) is 0 Å². The summed E-state index contributed by atoms with van der Waals surface area (Å²) in [5, 5.41) is 19.5. The van der Waals surface area contributed by atoms with Crippen LogP contribution in [0.3, 0.4) is 0 Å². The van der Waals surface area contributed by atoms with Crippen LogP contribution in [0.1, 0.15) is 42.3 Å². The number of nitrogen functional groups attached to an aromatic ring is 1. The van der Waals surface area contributed by atoms with Crippen molar-refractivity contribution in [3.05, 3.63) is 53.1 Å². The van der Waals surface area contributed by atoms with Crippen molar-refractivity contribution in [1.82, 2.24) is 0 Å². The molecule has 2 atom stereocenters. The molecule has 0 saturated carbocycles. The van der Waals surface area contributed by atoms with Crippen molar-refractivity contribution >= 4 is 17.3 Å². The quantitative estimate of drug-likeness (QED) is 0.315. The lowest BCUT2D eigenvalue weighted by Crippen LogP contribution is -2.37. The average molecular weight is 384 g/mol. The Kier molecular flexibility index (Phi) is 6.80. The fourth-order valence-corrected chi connectivity index (χ4v) is 3.12. The summed E-state index contributed by atoms with van der Waals surface area (Å²) in [6, 6.07) is 8.82. The van der Waals surface area contributed by atoms with Crippen molar-refractivity contribution in [2.75, 3.05) is 5.73 Å². The number of hydrogen-bond donors (Lipinski definition) is 4. The Bertz CT molecular complexity index is 860. The number of phenols is 2. The largest absolute Gasteiger partial charge is 0.508 e. The molecular formula is C22H28N2O4. The summed E-state index contributed by atoms with van der Waals surface area (Å²) in [7, 11) is 0. The van der Waals surface area contributed by atoms with Gasteiger partial charge >= 0.3 is 0 Å². The summed E-state index contributed by atoms with van der Waals surface area (Å²) in [6.07, 6.45) is 0.684. The zero-order valence-electron chi connectivity index (χ0n) is 16.5. The molecule has 0 saturated heterocycles. The number of aromatic hydroxyl groups is 2. The lowest BCUT2D eigenvalue weighted by atomic mass is 9.89. The van der Waals surface area contributed by atoms with Gasteiger partial charge in [0.2, 0.25) is 0 Å². The molecule has 0 aliphatic rings. The highest BCUT2D eigenvalue weighted by Gasteiger charge is 2.23. The van der Waals surface area contributed by atoms with Crippen LogP contribution in [-0.2, 0) is 17.6 Å². The summed E-state index contributed by atoms with van der Waals surface area (Å²) < 4.78 is 0. The minimum absolute atomic E-state index is 0.116. The number of rotatable bonds is 8. The maximum atomic E-state index is 12.6. The van der Waals surface area contributed by atoms with Crippen LogP contribution in [-0.4, -0.2) is 27.8 Å². The molecule has 0 amide bonds. The standard InChI is InChI=1S/C22H28N2O4/c1-12(2)21(27)17-11-18(23)15(10-20(17)26)8-13(3)22(28)19(24)9-14-4-6-16(25)7-5-14/h4-7,10-13,19,25-26H,8-9,23-24H2,1-3H3/t13?,19-/m0/s1. The molecule has 2 rings (SSSR count). The van der Waals surface area contributed by atoms with E-state index in [2.05, 4.69) is 0 Å². The van der Waals surface area contributed by atoms with E-state index in [0.717, 1.165) is 5.56 Å². The molecule has 0 radical (unpaired) electrons. The first kappa shape index (κ1) is 21.4. The zero-order chi connectivity index (χ0) is 21.0.